The first-order valence-corrected chi connectivity index (χ1v) is 6.76. The van der Waals surface area contributed by atoms with E-state index in [-0.39, 0.29) is 17.9 Å². The van der Waals surface area contributed by atoms with Crippen LogP contribution in [0.5, 0.6) is 0 Å². The van der Waals surface area contributed by atoms with Crippen LogP contribution in [0.25, 0.3) is 0 Å². The van der Waals surface area contributed by atoms with Crippen molar-refractivity contribution in [2.75, 3.05) is 19.0 Å². The molecule has 1 heterocycles. The van der Waals surface area contributed by atoms with Crippen molar-refractivity contribution in [3.63, 3.8) is 0 Å². The van der Waals surface area contributed by atoms with Gasteiger partial charge in [0.15, 0.2) is 0 Å². The molecule has 0 saturated carbocycles. The first-order valence-electron chi connectivity index (χ1n) is 6.22. The number of likely N-dealkylation sites (tertiary alicyclic amines) is 1. The molecule has 0 aromatic rings. The van der Waals surface area contributed by atoms with E-state index in [9.17, 15) is 9.59 Å². The number of rotatable bonds is 5. The normalized spacial score (nSPS) is 20.1. The molecule has 1 atom stereocenters. The van der Waals surface area contributed by atoms with Crippen molar-refractivity contribution in [3.8, 4) is 0 Å². The lowest BCUT2D eigenvalue weighted by molar-refractivity contribution is -0.156. The Kier molecular flexibility index (Phi) is 6.34. The number of carbonyl (C=O) groups is 2. The third kappa shape index (κ3) is 4.19. The van der Waals surface area contributed by atoms with Crippen LogP contribution in [-0.4, -0.2) is 41.8 Å². The fourth-order valence-electron chi connectivity index (χ4n) is 2.08. The molecule has 98 valence electrons. The number of piperidine rings is 1. The molecule has 4 nitrogen and oxygen atoms in total. The lowest BCUT2D eigenvalue weighted by Gasteiger charge is -2.34. The van der Waals surface area contributed by atoms with Crippen LogP contribution in [0.15, 0.2) is 0 Å². The zero-order chi connectivity index (χ0) is 12.7. The van der Waals surface area contributed by atoms with Gasteiger partial charge in [0.1, 0.15) is 6.04 Å². The molecule has 1 amide bonds. The SMILES string of the molecule is CCOC(=O)C1CCCCN1C(=O)CCCCl. The van der Waals surface area contributed by atoms with Crippen LogP contribution in [0.2, 0.25) is 0 Å². The van der Waals surface area contributed by atoms with Crippen molar-refractivity contribution in [2.45, 2.75) is 45.1 Å². The van der Waals surface area contributed by atoms with Crippen molar-refractivity contribution in [3.05, 3.63) is 0 Å². The van der Waals surface area contributed by atoms with E-state index in [0.29, 0.717) is 38.3 Å². The molecular formula is C12H20ClNO3. The molecule has 0 aromatic heterocycles. The van der Waals surface area contributed by atoms with Gasteiger partial charge < -0.3 is 9.64 Å². The summed E-state index contributed by atoms with van der Waals surface area (Å²) in [5, 5.41) is 0. The average molecular weight is 262 g/mol. The van der Waals surface area contributed by atoms with Gasteiger partial charge in [-0.2, -0.15) is 0 Å². The average Bonchev–Trinajstić information content (AvgIpc) is 2.36. The Labute approximate surface area is 107 Å². The summed E-state index contributed by atoms with van der Waals surface area (Å²) in [7, 11) is 0. The maximum Gasteiger partial charge on any atom is 0.328 e. The number of carbonyl (C=O) groups excluding carboxylic acids is 2. The number of alkyl halides is 1. The second-order valence-corrected chi connectivity index (χ2v) is 4.52. The summed E-state index contributed by atoms with van der Waals surface area (Å²) in [4.78, 5) is 25.3. The predicted octanol–water partition coefficient (Wildman–Crippen LogP) is 1.95. The number of nitrogens with zero attached hydrogens (tertiary/aromatic N) is 1. The molecule has 0 N–H and O–H groups in total. The molecule has 1 aliphatic rings. The number of ether oxygens (including phenoxy) is 1. The molecule has 1 fully saturated rings. The van der Waals surface area contributed by atoms with Gasteiger partial charge in [0.2, 0.25) is 5.91 Å². The van der Waals surface area contributed by atoms with Crippen molar-refractivity contribution in [2.24, 2.45) is 0 Å². The number of amides is 1. The van der Waals surface area contributed by atoms with E-state index in [1.807, 2.05) is 0 Å². The standard InChI is InChI=1S/C12H20ClNO3/c1-2-17-12(16)10-6-3-4-9-14(10)11(15)7-5-8-13/h10H,2-9H2,1H3. The smallest absolute Gasteiger partial charge is 0.328 e. The summed E-state index contributed by atoms with van der Waals surface area (Å²) in [6, 6.07) is -0.383. The molecule has 1 rings (SSSR count). The van der Waals surface area contributed by atoms with Crippen molar-refractivity contribution in [1.29, 1.82) is 0 Å². The van der Waals surface area contributed by atoms with Crippen molar-refractivity contribution in [1.82, 2.24) is 4.90 Å². The molecule has 0 radical (unpaired) electrons. The molecule has 0 bridgehead atoms. The number of halogens is 1. The lowest BCUT2D eigenvalue weighted by Crippen LogP contribution is -2.48. The van der Waals surface area contributed by atoms with Crippen LogP contribution < -0.4 is 0 Å². The van der Waals surface area contributed by atoms with Crippen LogP contribution >= 0.6 is 11.6 Å². The number of hydrogen-bond acceptors (Lipinski definition) is 3. The Balaban J connectivity index is 2.58. The predicted molar refractivity (Wildman–Crippen MR) is 65.9 cm³/mol. The summed E-state index contributed by atoms with van der Waals surface area (Å²) >= 11 is 5.57. The van der Waals surface area contributed by atoms with E-state index >= 15 is 0 Å². The van der Waals surface area contributed by atoms with Gasteiger partial charge in [-0.25, -0.2) is 4.79 Å². The maximum atomic E-state index is 11.9. The summed E-state index contributed by atoms with van der Waals surface area (Å²) in [6.45, 7) is 2.80. The Hall–Kier alpha value is -0.770. The van der Waals surface area contributed by atoms with Crippen LogP contribution in [-0.2, 0) is 14.3 Å². The molecule has 0 aliphatic carbocycles. The minimum atomic E-state index is -0.383. The van der Waals surface area contributed by atoms with E-state index in [4.69, 9.17) is 16.3 Å². The first kappa shape index (κ1) is 14.3. The minimum absolute atomic E-state index is 0.0170. The van der Waals surface area contributed by atoms with Gasteiger partial charge >= 0.3 is 5.97 Å². The van der Waals surface area contributed by atoms with Crippen LogP contribution in [0.4, 0.5) is 0 Å². The van der Waals surface area contributed by atoms with E-state index in [0.717, 1.165) is 12.8 Å². The molecule has 0 aromatic carbocycles. The van der Waals surface area contributed by atoms with E-state index in [1.54, 1.807) is 11.8 Å². The Bertz CT molecular complexity index is 270. The number of esters is 1. The van der Waals surface area contributed by atoms with Gasteiger partial charge in [0.05, 0.1) is 6.61 Å². The third-order valence-electron chi connectivity index (χ3n) is 2.91. The largest absolute Gasteiger partial charge is 0.464 e. The minimum Gasteiger partial charge on any atom is -0.464 e. The zero-order valence-electron chi connectivity index (χ0n) is 10.3. The Morgan fingerprint density at radius 2 is 2.18 bits per heavy atom. The van der Waals surface area contributed by atoms with Crippen molar-refractivity contribution < 1.29 is 14.3 Å². The van der Waals surface area contributed by atoms with E-state index in [2.05, 4.69) is 0 Å². The molecule has 17 heavy (non-hydrogen) atoms. The van der Waals surface area contributed by atoms with E-state index < -0.39 is 0 Å². The highest BCUT2D eigenvalue weighted by molar-refractivity contribution is 6.17. The topological polar surface area (TPSA) is 46.6 Å². The Morgan fingerprint density at radius 3 is 2.82 bits per heavy atom. The van der Waals surface area contributed by atoms with Crippen molar-refractivity contribution >= 4 is 23.5 Å². The number of hydrogen-bond donors (Lipinski definition) is 0. The maximum absolute atomic E-state index is 11.9. The lowest BCUT2D eigenvalue weighted by atomic mass is 10.0. The quantitative estimate of drug-likeness (QED) is 0.561. The van der Waals surface area contributed by atoms with Gasteiger partial charge in [0, 0.05) is 18.8 Å². The molecule has 5 heteroatoms. The second-order valence-electron chi connectivity index (χ2n) is 4.14. The fraction of sp³-hybridized carbons (Fsp3) is 0.833. The van der Waals surface area contributed by atoms with E-state index in [1.165, 1.54) is 0 Å². The third-order valence-corrected chi connectivity index (χ3v) is 3.17. The summed E-state index contributed by atoms with van der Waals surface area (Å²) in [5.74, 6) is 0.221. The molecule has 1 unspecified atom stereocenters. The summed E-state index contributed by atoms with van der Waals surface area (Å²) < 4.78 is 5.01. The molecule has 1 aliphatic heterocycles. The highest BCUT2D eigenvalue weighted by Gasteiger charge is 2.32. The summed E-state index contributed by atoms with van der Waals surface area (Å²) in [5.41, 5.74) is 0. The molecule has 0 spiro atoms. The van der Waals surface area contributed by atoms with Gasteiger partial charge in [-0.05, 0) is 32.6 Å². The monoisotopic (exact) mass is 261 g/mol. The second kappa shape index (κ2) is 7.54. The Morgan fingerprint density at radius 1 is 1.41 bits per heavy atom. The zero-order valence-corrected chi connectivity index (χ0v) is 11.0. The van der Waals surface area contributed by atoms with Crippen LogP contribution in [0, 0.1) is 0 Å². The molecular weight excluding hydrogens is 242 g/mol. The first-order chi connectivity index (χ1) is 8.20. The van der Waals surface area contributed by atoms with Gasteiger partial charge in [0.25, 0.3) is 0 Å². The molecule has 1 saturated heterocycles. The highest BCUT2D eigenvalue weighted by Crippen LogP contribution is 2.19. The summed E-state index contributed by atoms with van der Waals surface area (Å²) in [6.07, 6.45) is 3.72. The van der Waals surface area contributed by atoms with Gasteiger partial charge in [-0.3, -0.25) is 4.79 Å². The fourth-order valence-corrected chi connectivity index (χ4v) is 2.21. The van der Waals surface area contributed by atoms with Gasteiger partial charge in [-0.15, -0.1) is 11.6 Å². The highest BCUT2D eigenvalue weighted by atomic mass is 35.5. The van der Waals surface area contributed by atoms with Gasteiger partial charge in [-0.1, -0.05) is 0 Å². The van der Waals surface area contributed by atoms with Crippen LogP contribution in [0.3, 0.4) is 0 Å². The van der Waals surface area contributed by atoms with Crippen LogP contribution in [0.1, 0.15) is 39.0 Å².